The second-order valence-electron chi connectivity index (χ2n) is 5.35. The highest BCUT2D eigenvalue weighted by Gasteiger charge is 2.21. The number of anilines is 1. The van der Waals surface area contributed by atoms with Crippen LogP contribution in [0.3, 0.4) is 0 Å². The molecule has 5 heteroatoms. The first-order valence-corrected chi connectivity index (χ1v) is 7.41. The molecule has 0 bridgehead atoms. The molecule has 23 heavy (non-hydrogen) atoms. The van der Waals surface area contributed by atoms with Crippen molar-refractivity contribution >= 4 is 11.6 Å². The summed E-state index contributed by atoms with van der Waals surface area (Å²) in [5.74, 6) is -1.68. The van der Waals surface area contributed by atoms with Gasteiger partial charge < -0.3 is 10.1 Å². The van der Waals surface area contributed by atoms with Crippen LogP contribution in [0.2, 0.25) is 0 Å². The van der Waals surface area contributed by atoms with Gasteiger partial charge in [0.1, 0.15) is 23.1 Å². The van der Waals surface area contributed by atoms with E-state index in [1.807, 2.05) is 26.0 Å². The molecule has 2 aromatic carbocycles. The summed E-state index contributed by atoms with van der Waals surface area (Å²) in [6.07, 6.45) is -0.467. The Kier molecular flexibility index (Phi) is 5.32. The van der Waals surface area contributed by atoms with Gasteiger partial charge in [-0.2, -0.15) is 0 Å². The number of aryl methyl sites for hydroxylation is 2. The van der Waals surface area contributed by atoms with Crippen LogP contribution in [0, 0.1) is 25.5 Å². The lowest BCUT2D eigenvalue weighted by atomic mass is 10.1. The van der Waals surface area contributed by atoms with Crippen LogP contribution < -0.4 is 10.1 Å². The van der Waals surface area contributed by atoms with E-state index in [9.17, 15) is 13.6 Å². The zero-order chi connectivity index (χ0) is 17.0. The highest BCUT2D eigenvalue weighted by molar-refractivity contribution is 5.94. The third-order valence-corrected chi connectivity index (χ3v) is 3.63. The molecule has 0 aliphatic rings. The van der Waals surface area contributed by atoms with E-state index in [1.54, 1.807) is 13.0 Å². The summed E-state index contributed by atoms with van der Waals surface area (Å²) in [5.41, 5.74) is 1.70. The molecule has 0 aliphatic heterocycles. The third kappa shape index (κ3) is 4.06. The molecule has 1 amide bonds. The van der Waals surface area contributed by atoms with Gasteiger partial charge in [0.25, 0.3) is 5.91 Å². The number of halogens is 2. The van der Waals surface area contributed by atoms with Crippen molar-refractivity contribution in [2.75, 3.05) is 5.32 Å². The van der Waals surface area contributed by atoms with Gasteiger partial charge in [-0.3, -0.25) is 4.79 Å². The molecule has 0 spiro atoms. The van der Waals surface area contributed by atoms with Crippen molar-refractivity contribution in [2.24, 2.45) is 0 Å². The predicted molar refractivity (Wildman–Crippen MR) is 85.6 cm³/mol. The number of rotatable bonds is 5. The van der Waals surface area contributed by atoms with Crippen molar-refractivity contribution in [3.8, 4) is 5.75 Å². The van der Waals surface area contributed by atoms with Gasteiger partial charge in [0.15, 0.2) is 6.10 Å². The van der Waals surface area contributed by atoms with Gasteiger partial charge >= 0.3 is 0 Å². The maximum atomic E-state index is 13.6. The van der Waals surface area contributed by atoms with E-state index < -0.39 is 29.3 Å². The molecule has 3 nitrogen and oxygen atoms in total. The maximum Gasteiger partial charge on any atom is 0.265 e. The van der Waals surface area contributed by atoms with Crippen LogP contribution in [-0.2, 0) is 4.79 Å². The molecule has 0 saturated heterocycles. The van der Waals surface area contributed by atoms with Crippen molar-refractivity contribution in [3.63, 3.8) is 0 Å². The van der Waals surface area contributed by atoms with E-state index in [0.717, 1.165) is 23.3 Å². The molecule has 0 fully saturated rings. The number of carbonyl (C=O) groups is 1. The monoisotopic (exact) mass is 319 g/mol. The van der Waals surface area contributed by atoms with Crippen LogP contribution >= 0.6 is 0 Å². The first kappa shape index (κ1) is 16.9. The molecule has 0 aromatic heterocycles. The topological polar surface area (TPSA) is 38.3 Å². The molecule has 0 unspecified atom stereocenters. The molecule has 2 aromatic rings. The zero-order valence-electron chi connectivity index (χ0n) is 13.3. The molecule has 0 saturated carbocycles. The van der Waals surface area contributed by atoms with Crippen molar-refractivity contribution in [1.29, 1.82) is 0 Å². The van der Waals surface area contributed by atoms with E-state index in [2.05, 4.69) is 5.32 Å². The number of hydrogen-bond acceptors (Lipinski definition) is 2. The summed E-state index contributed by atoms with van der Waals surface area (Å²) in [7, 11) is 0. The average Bonchev–Trinajstić information content (AvgIpc) is 2.52. The molecular formula is C18H19F2NO2. The van der Waals surface area contributed by atoms with Gasteiger partial charge in [-0.25, -0.2) is 8.78 Å². The van der Waals surface area contributed by atoms with Crippen LogP contribution in [0.4, 0.5) is 14.5 Å². The van der Waals surface area contributed by atoms with Gasteiger partial charge in [-0.15, -0.1) is 0 Å². The van der Waals surface area contributed by atoms with E-state index in [1.165, 1.54) is 6.07 Å². The molecular weight excluding hydrogens is 300 g/mol. The molecule has 122 valence electrons. The molecule has 0 radical (unpaired) electrons. The average molecular weight is 319 g/mol. The molecule has 2 rings (SSSR count). The van der Waals surface area contributed by atoms with Crippen LogP contribution in [0.25, 0.3) is 0 Å². The first-order chi connectivity index (χ1) is 10.9. The quantitative estimate of drug-likeness (QED) is 0.888. The Bertz CT molecular complexity index is 696. The van der Waals surface area contributed by atoms with Crippen LogP contribution in [0.1, 0.15) is 24.5 Å². The maximum absolute atomic E-state index is 13.6. The minimum Gasteiger partial charge on any atom is -0.481 e. The van der Waals surface area contributed by atoms with Crippen molar-refractivity contribution in [2.45, 2.75) is 33.3 Å². The SMILES string of the molecule is CC[C@H](Oc1ccc(C)c(C)c1)C(=O)Nc1c(F)cccc1F. The summed E-state index contributed by atoms with van der Waals surface area (Å²) in [6, 6.07) is 8.90. The summed E-state index contributed by atoms with van der Waals surface area (Å²) in [6.45, 7) is 5.69. The van der Waals surface area contributed by atoms with Crippen LogP contribution in [0.15, 0.2) is 36.4 Å². The molecule has 1 atom stereocenters. The van der Waals surface area contributed by atoms with E-state index in [4.69, 9.17) is 4.74 Å². The van der Waals surface area contributed by atoms with Gasteiger partial charge in [-0.1, -0.05) is 19.1 Å². The summed E-state index contributed by atoms with van der Waals surface area (Å²) < 4.78 is 32.9. The fraction of sp³-hybridized carbons (Fsp3) is 0.278. The highest BCUT2D eigenvalue weighted by atomic mass is 19.1. The highest BCUT2D eigenvalue weighted by Crippen LogP contribution is 2.21. The number of carbonyl (C=O) groups excluding carboxylic acids is 1. The molecule has 0 aliphatic carbocycles. The summed E-state index contributed by atoms with van der Waals surface area (Å²) in [4.78, 5) is 12.2. The fourth-order valence-electron chi connectivity index (χ4n) is 2.09. The van der Waals surface area contributed by atoms with E-state index in [-0.39, 0.29) is 0 Å². The van der Waals surface area contributed by atoms with Gasteiger partial charge in [0.2, 0.25) is 0 Å². The zero-order valence-corrected chi connectivity index (χ0v) is 13.3. The van der Waals surface area contributed by atoms with Gasteiger partial charge in [0.05, 0.1) is 0 Å². The second kappa shape index (κ2) is 7.22. The Morgan fingerprint density at radius 1 is 1.13 bits per heavy atom. The Hall–Kier alpha value is -2.43. The molecule has 1 N–H and O–H groups in total. The minimum atomic E-state index is -0.837. The lowest BCUT2D eigenvalue weighted by Gasteiger charge is -2.18. The number of benzene rings is 2. The van der Waals surface area contributed by atoms with Gasteiger partial charge in [0, 0.05) is 0 Å². The van der Waals surface area contributed by atoms with Crippen molar-refractivity contribution in [1.82, 2.24) is 0 Å². The summed E-state index contributed by atoms with van der Waals surface area (Å²) >= 11 is 0. The Morgan fingerprint density at radius 3 is 2.35 bits per heavy atom. The Morgan fingerprint density at radius 2 is 1.78 bits per heavy atom. The van der Waals surface area contributed by atoms with E-state index >= 15 is 0 Å². The largest absolute Gasteiger partial charge is 0.481 e. The smallest absolute Gasteiger partial charge is 0.265 e. The second-order valence-corrected chi connectivity index (χ2v) is 5.35. The number of hydrogen-bond donors (Lipinski definition) is 1. The lowest BCUT2D eigenvalue weighted by molar-refractivity contribution is -0.122. The summed E-state index contributed by atoms with van der Waals surface area (Å²) in [5, 5.41) is 2.26. The predicted octanol–water partition coefficient (Wildman–Crippen LogP) is 4.38. The first-order valence-electron chi connectivity index (χ1n) is 7.41. The third-order valence-electron chi connectivity index (χ3n) is 3.63. The normalized spacial score (nSPS) is 11.9. The Labute approximate surface area is 134 Å². The number of nitrogens with one attached hydrogen (secondary N) is 1. The van der Waals surface area contributed by atoms with Crippen LogP contribution in [-0.4, -0.2) is 12.0 Å². The van der Waals surface area contributed by atoms with Crippen molar-refractivity contribution in [3.05, 3.63) is 59.2 Å². The van der Waals surface area contributed by atoms with Crippen LogP contribution in [0.5, 0.6) is 5.75 Å². The number of ether oxygens (including phenoxy) is 1. The van der Waals surface area contributed by atoms with Crippen molar-refractivity contribution < 1.29 is 18.3 Å². The Balaban J connectivity index is 2.13. The standard InChI is InChI=1S/C18H19F2NO2/c1-4-16(23-13-9-8-11(2)12(3)10-13)18(22)21-17-14(19)6-5-7-15(17)20/h5-10,16H,4H2,1-3H3,(H,21,22)/t16-/m0/s1. The molecule has 0 heterocycles. The van der Waals surface area contributed by atoms with E-state index in [0.29, 0.717) is 12.2 Å². The number of amides is 1. The van der Waals surface area contributed by atoms with Gasteiger partial charge in [-0.05, 0) is 55.7 Å². The number of para-hydroxylation sites is 1. The lowest BCUT2D eigenvalue weighted by Crippen LogP contribution is -2.33. The minimum absolute atomic E-state index is 0.370. The fourth-order valence-corrected chi connectivity index (χ4v) is 2.09.